The van der Waals surface area contributed by atoms with Gasteiger partial charge < -0.3 is 14.7 Å². The van der Waals surface area contributed by atoms with Crippen LogP contribution in [-0.2, 0) is 13.1 Å². The summed E-state index contributed by atoms with van der Waals surface area (Å²) in [4.78, 5) is 18.6. The number of carbonyl (C=O) groups excluding carboxylic acids is 1. The predicted molar refractivity (Wildman–Crippen MR) is 78.4 cm³/mol. The quantitative estimate of drug-likeness (QED) is 0.902. The van der Waals surface area contributed by atoms with Crippen molar-refractivity contribution in [2.24, 2.45) is 0 Å². The van der Waals surface area contributed by atoms with Crippen LogP contribution in [0.15, 0.2) is 30.6 Å². The molecule has 22 heavy (non-hydrogen) atoms. The highest BCUT2D eigenvalue weighted by Crippen LogP contribution is 2.23. The first-order valence-corrected chi connectivity index (χ1v) is 7.16. The molecule has 0 saturated carbocycles. The van der Waals surface area contributed by atoms with E-state index in [9.17, 15) is 9.90 Å². The molecule has 7 nitrogen and oxygen atoms in total. The molecule has 2 aromatic heterocycles. The number of amides is 1. The Morgan fingerprint density at radius 2 is 2.32 bits per heavy atom. The predicted octanol–water partition coefficient (Wildman–Crippen LogP) is 0.694. The average molecular weight is 302 g/mol. The third kappa shape index (κ3) is 2.55. The van der Waals surface area contributed by atoms with Crippen LogP contribution in [-0.4, -0.2) is 50.4 Å². The van der Waals surface area contributed by atoms with Gasteiger partial charge in [0.2, 0.25) is 5.88 Å². The zero-order valence-electron chi connectivity index (χ0n) is 12.3. The van der Waals surface area contributed by atoms with Gasteiger partial charge in [-0.2, -0.15) is 5.10 Å². The number of carbonyl (C=O) groups is 1. The summed E-state index contributed by atoms with van der Waals surface area (Å²) in [6.07, 6.45) is 3.96. The van der Waals surface area contributed by atoms with E-state index in [0.29, 0.717) is 31.0 Å². The van der Waals surface area contributed by atoms with E-state index in [1.807, 2.05) is 10.7 Å². The van der Waals surface area contributed by atoms with Crippen LogP contribution in [0.4, 0.5) is 0 Å². The smallest absolute Gasteiger partial charge is 0.260 e. The molecule has 116 valence electrons. The van der Waals surface area contributed by atoms with Crippen molar-refractivity contribution in [1.29, 1.82) is 0 Å². The molecule has 1 atom stereocenters. The molecule has 0 fully saturated rings. The number of aliphatic hydroxyl groups excluding tert-OH is 1. The third-order valence-corrected chi connectivity index (χ3v) is 3.92. The zero-order chi connectivity index (χ0) is 15.5. The Hall–Kier alpha value is -2.41. The largest absolute Gasteiger partial charge is 0.480 e. The lowest BCUT2D eigenvalue weighted by atomic mass is 10.1. The van der Waals surface area contributed by atoms with Gasteiger partial charge >= 0.3 is 0 Å². The maximum atomic E-state index is 12.9. The fraction of sp³-hybridized carbons (Fsp3) is 0.400. The molecular formula is C15H18N4O3. The topological polar surface area (TPSA) is 80.5 Å². The summed E-state index contributed by atoms with van der Waals surface area (Å²) in [6.45, 7) is 1.00. The minimum atomic E-state index is -0.251. The monoisotopic (exact) mass is 302 g/mol. The molecule has 0 aromatic carbocycles. The summed E-state index contributed by atoms with van der Waals surface area (Å²) in [7, 11) is 1.49. The van der Waals surface area contributed by atoms with Crippen molar-refractivity contribution in [3.05, 3.63) is 41.9 Å². The summed E-state index contributed by atoms with van der Waals surface area (Å²) >= 11 is 0. The van der Waals surface area contributed by atoms with Crippen LogP contribution in [0.5, 0.6) is 5.88 Å². The summed E-state index contributed by atoms with van der Waals surface area (Å²) in [5.74, 6) is 0.0978. The molecule has 0 bridgehead atoms. The number of hydrogen-bond acceptors (Lipinski definition) is 5. The van der Waals surface area contributed by atoms with Crippen LogP contribution in [0.3, 0.4) is 0 Å². The van der Waals surface area contributed by atoms with Gasteiger partial charge in [0.05, 0.1) is 32.0 Å². The molecule has 0 unspecified atom stereocenters. The number of hydrogen-bond donors (Lipinski definition) is 1. The number of aliphatic hydroxyl groups is 1. The van der Waals surface area contributed by atoms with Crippen LogP contribution in [0, 0.1) is 0 Å². The fourth-order valence-electron chi connectivity index (χ4n) is 2.72. The molecule has 0 aliphatic carbocycles. The highest BCUT2D eigenvalue weighted by atomic mass is 16.5. The minimum Gasteiger partial charge on any atom is -0.480 e. The van der Waals surface area contributed by atoms with Gasteiger partial charge in [-0.1, -0.05) is 0 Å². The van der Waals surface area contributed by atoms with Gasteiger partial charge in [0.15, 0.2) is 0 Å². The first kappa shape index (κ1) is 14.5. The fourth-order valence-corrected chi connectivity index (χ4v) is 2.72. The van der Waals surface area contributed by atoms with Crippen molar-refractivity contribution in [1.82, 2.24) is 19.7 Å². The van der Waals surface area contributed by atoms with E-state index in [1.165, 1.54) is 7.11 Å². The van der Waals surface area contributed by atoms with Crippen LogP contribution in [0.2, 0.25) is 0 Å². The maximum Gasteiger partial charge on any atom is 0.260 e. The van der Waals surface area contributed by atoms with Gasteiger partial charge in [-0.3, -0.25) is 9.48 Å². The first-order valence-electron chi connectivity index (χ1n) is 7.16. The second-order valence-electron chi connectivity index (χ2n) is 5.16. The standard InChI is InChI=1S/C15H18N4O3/c1-22-14-13(3-2-6-16-14)15(21)18-9-11-4-7-17-19(11)8-5-12(18)10-20/h2-4,6-7,12,20H,5,8-10H2,1H3/t12-/m0/s1. The van der Waals surface area contributed by atoms with Crippen molar-refractivity contribution in [2.75, 3.05) is 13.7 Å². The van der Waals surface area contributed by atoms with Gasteiger partial charge in [-0.05, 0) is 24.6 Å². The normalized spacial score (nSPS) is 17.7. The SMILES string of the molecule is COc1ncccc1C(=O)N1Cc2ccnn2CC[C@H]1CO. The van der Waals surface area contributed by atoms with E-state index in [4.69, 9.17) is 4.74 Å². The number of pyridine rings is 1. The molecule has 0 saturated heterocycles. The van der Waals surface area contributed by atoms with Gasteiger partial charge in [-0.25, -0.2) is 4.98 Å². The van der Waals surface area contributed by atoms with E-state index >= 15 is 0 Å². The number of methoxy groups -OCH3 is 1. The molecule has 1 amide bonds. The van der Waals surface area contributed by atoms with E-state index < -0.39 is 0 Å². The molecule has 3 rings (SSSR count). The Balaban J connectivity index is 1.95. The van der Waals surface area contributed by atoms with Gasteiger partial charge in [0.25, 0.3) is 5.91 Å². The summed E-state index contributed by atoms with van der Waals surface area (Å²) in [5.41, 5.74) is 1.35. The van der Waals surface area contributed by atoms with Crippen LogP contribution in [0.25, 0.3) is 0 Å². The molecular weight excluding hydrogens is 284 g/mol. The molecule has 0 radical (unpaired) electrons. The number of nitrogens with zero attached hydrogens (tertiary/aromatic N) is 4. The van der Waals surface area contributed by atoms with Gasteiger partial charge in [-0.15, -0.1) is 0 Å². The minimum absolute atomic E-state index is 0.0842. The Kier molecular flexibility index (Phi) is 4.06. The van der Waals surface area contributed by atoms with Crippen LogP contribution in [0.1, 0.15) is 22.5 Å². The second kappa shape index (κ2) is 6.15. The highest BCUT2D eigenvalue weighted by molar-refractivity contribution is 5.96. The first-order chi connectivity index (χ1) is 10.7. The van der Waals surface area contributed by atoms with Gasteiger partial charge in [0.1, 0.15) is 5.56 Å². The van der Waals surface area contributed by atoms with E-state index in [-0.39, 0.29) is 18.6 Å². The molecule has 7 heteroatoms. The van der Waals surface area contributed by atoms with Crippen LogP contribution < -0.4 is 4.74 Å². The zero-order valence-corrected chi connectivity index (χ0v) is 12.3. The molecule has 1 N–H and O–H groups in total. The lowest BCUT2D eigenvalue weighted by Gasteiger charge is -2.28. The van der Waals surface area contributed by atoms with E-state index in [0.717, 1.165) is 5.69 Å². The summed E-state index contributed by atoms with van der Waals surface area (Å²) in [5, 5.41) is 13.9. The Morgan fingerprint density at radius 3 is 3.09 bits per heavy atom. The number of aryl methyl sites for hydroxylation is 1. The molecule has 1 aliphatic rings. The Morgan fingerprint density at radius 1 is 1.45 bits per heavy atom. The maximum absolute atomic E-state index is 12.9. The summed E-state index contributed by atoms with van der Waals surface area (Å²) in [6, 6.07) is 5.02. The molecule has 0 spiro atoms. The molecule has 3 heterocycles. The van der Waals surface area contributed by atoms with E-state index in [1.54, 1.807) is 29.4 Å². The van der Waals surface area contributed by atoms with Crippen molar-refractivity contribution >= 4 is 5.91 Å². The summed E-state index contributed by atoms with van der Waals surface area (Å²) < 4.78 is 7.04. The van der Waals surface area contributed by atoms with Crippen molar-refractivity contribution in [2.45, 2.75) is 25.6 Å². The van der Waals surface area contributed by atoms with Crippen LogP contribution >= 0.6 is 0 Å². The van der Waals surface area contributed by atoms with Crippen molar-refractivity contribution in [3.8, 4) is 5.88 Å². The van der Waals surface area contributed by atoms with E-state index in [2.05, 4.69) is 10.1 Å². The second-order valence-corrected chi connectivity index (χ2v) is 5.16. The number of aromatic nitrogens is 3. The average Bonchev–Trinajstić information content (AvgIpc) is 2.93. The lowest BCUT2D eigenvalue weighted by molar-refractivity contribution is 0.0564. The lowest BCUT2D eigenvalue weighted by Crippen LogP contribution is -2.41. The molecule has 1 aliphatic heterocycles. The van der Waals surface area contributed by atoms with Crippen molar-refractivity contribution < 1.29 is 14.6 Å². The highest BCUT2D eigenvalue weighted by Gasteiger charge is 2.30. The Labute approximate surface area is 128 Å². The molecule has 2 aromatic rings. The number of fused-ring (bicyclic) bond motifs is 1. The number of rotatable bonds is 3. The Bertz CT molecular complexity index is 670. The number of ether oxygens (including phenoxy) is 1. The third-order valence-electron chi connectivity index (χ3n) is 3.92. The van der Waals surface area contributed by atoms with Crippen molar-refractivity contribution in [3.63, 3.8) is 0 Å². The van der Waals surface area contributed by atoms with Gasteiger partial charge in [0, 0.05) is 18.9 Å².